The van der Waals surface area contributed by atoms with E-state index in [-0.39, 0.29) is 6.09 Å². The average Bonchev–Trinajstić information content (AvgIpc) is 2.33. The van der Waals surface area contributed by atoms with Crippen molar-refractivity contribution in [3.05, 3.63) is 29.3 Å². The number of amides is 1. The standard InChI is InChI=1S/C13H17NO3/c1-4-14(5-2)13(16)17-12-8-6-7-11(9-15)10(12)3/h6-9H,4-5H2,1-3H3. The zero-order chi connectivity index (χ0) is 12.8. The molecule has 92 valence electrons. The molecular formula is C13H17NO3. The van der Waals surface area contributed by atoms with Crippen molar-refractivity contribution in [1.82, 2.24) is 4.90 Å². The third kappa shape index (κ3) is 3.06. The lowest BCUT2D eigenvalue weighted by molar-refractivity contribution is 0.112. The summed E-state index contributed by atoms with van der Waals surface area (Å²) in [5.74, 6) is 0.437. The zero-order valence-electron chi connectivity index (χ0n) is 10.4. The number of rotatable bonds is 4. The number of aldehydes is 1. The van der Waals surface area contributed by atoms with Gasteiger partial charge in [-0.15, -0.1) is 0 Å². The maximum Gasteiger partial charge on any atom is 0.415 e. The van der Waals surface area contributed by atoms with E-state index in [1.54, 1.807) is 30.0 Å². The van der Waals surface area contributed by atoms with E-state index in [2.05, 4.69) is 0 Å². The number of carbonyl (C=O) groups is 2. The quantitative estimate of drug-likeness (QED) is 0.754. The molecule has 0 heterocycles. The lowest BCUT2D eigenvalue weighted by Crippen LogP contribution is -2.33. The van der Waals surface area contributed by atoms with Crippen molar-refractivity contribution in [3.8, 4) is 5.75 Å². The second kappa shape index (κ2) is 6.03. The van der Waals surface area contributed by atoms with E-state index in [1.807, 2.05) is 13.8 Å². The summed E-state index contributed by atoms with van der Waals surface area (Å²) in [6.07, 6.45) is 0.366. The third-order valence-corrected chi connectivity index (χ3v) is 2.67. The Kier molecular flexibility index (Phi) is 4.69. The van der Waals surface area contributed by atoms with Crippen LogP contribution in [0.5, 0.6) is 5.75 Å². The number of hydrogen-bond donors (Lipinski definition) is 0. The Bertz CT molecular complexity index is 411. The SMILES string of the molecule is CCN(CC)C(=O)Oc1cccc(C=O)c1C. The van der Waals surface area contributed by atoms with E-state index in [4.69, 9.17) is 4.74 Å². The predicted molar refractivity (Wildman–Crippen MR) is 65.5 cm³/mol. The highest BCUT2D eigenvalue weighted by atomic mass is 16.6. The van der Waals surface area contributed by atoms with Gasteiger partial charge in [0.2, 0.25) is 0 Å². The van der Waals surface area contributed by atoms with Crippen molar-refractivity contribution in [2.24, 2.45) is 0 Å². The van der Waals surface area contributed by atoms with Gasteiger partial charge >= 0.3 is 6.09 Å². The summed E-state index contributed by atoms with van der Waals surface area (Å²) in [6.45, 7) is 6.73. The van der Waals surface area contributed by atoms with Crippen molar-refractivity contribution in [2.75, 3.05) is 13.1 Å². The molecule has 0 fully saturated rings. The first-order valence-corrected chi connectivity index (χ1v) is 5.65. The first kappa shape index (κ1) is 13.2. The molecule has 0 spiro atoms. The van der Waals surface area contributed by atoms with Gasteiger partial charge in [0.1, 0.15) is 12.0 Å². The van der Waals surface area contributed by atoms with Gasteiger partial charge in [0, 0.05) is 24.2 Å². The summed E-state index contributed by atoms with van der Waals surface area (Å²) in [5, 5.41) is 0. The molecule has 0 aromatic heterocycles. The highest BCUT2D eigenvalue weighted by Gasteiger charge is 2.14. The summed E-state index contributed by atoms with van der Waals surface area (Å²) >= 11 is 0. The summed E-state index contributed by atoms with van der Waals surface area (Å²) in [4.78, 5) is 24.1. The van der Waals surface area contributed by atoms with E-state index in [9.17, 15) is 9.59 Å². The highest BCUT2D eigenvalue weighted by molar-refractivity contribution is 5.79. The lowest BCUT2D eigenvalue weighted by Gasteiger charge is -2.18. The first-order valence-electron chi connectivity index (χ1n) is 5.65. The summed E-state index contributed by atoms with van der Waals surface area (Å²) in [7, 11) is 0. The predicted octanol–water partition coefficient (Wildman–Crippen LogP) is 2.65. The Morgan fingerprint density at radius 2 is 2.00 bits per heavy atom. The van der Waals surface area contributed by atoms with Gasteiger partial charge in [-0.1, -0.05) is 12.1 Å². The highest BCUT2D eigenvalue weighted by Crippen LogP contribution is 2.20. The molecule has 4 nitrogen and oxygen atoms in total. The van der Waals surface area contributed by atoms with Gasteiger partial charge in [0.05, 0.1) is 0 Å². The number of nitrogens with zero attached hydrogens (tertiary/aromatic N) is 1. The molecule has 0 saturated heterocycles. The van der Waals surface area contributed by atoms with Crippen molar-refractivity contribution in [3.63, 3.8) is 0 Å². The Morgan fingerprint density at radius 3 is 2.53 bits per heavy atom. The van der Waals surface area contributed by atoms with Crippen LogP contribution in [0.2, 0.25) is 0 Å². The second-order valence-electron chi connectivity index (χ2n) is 3.63. The van der Waals surface area contributed by atoms with E-state index in [0.717, 1.165) is 6.29 Å². The van der Waals surface area contributed by atoms with Gasteiger partial charge in [0.25, 0.3) is 0 Å². The van der Waals surface area contributed by atoms with Gasteiger partial charge in [-0.3, -0.25) is 4.79 Å². The fraction of sp³-hybridized carbons (Fsp3) is 0.385. The molecule has 1 rings (SSSR count). The van der Waals surface area contributed by atoms with Crippen LogP contribution >= 0.6 is 0 Å². The smallest absolute Gasteiger partial charge is 0.410 e. The topological polar surface area (TPSA) is 46.6 Å². The molecule has 0 bridgehead atoms. The molecule has 1 aromatic carbocycles. The number of benzene rings is 1. The minimum atomic E-state index is -0.388. The molecule has 0 radical (unpaired) electrons. The number of ether oxygens (including phenoxy) is 1. The van der Waals surface area contributed by atoms with Gasteiger partial charge in [-0.05, 0) is 26.8 Å². The Hall–Kier alpha value is -1.84. The van der Waals surface area contributed by atoms with Gasteiger partial charge < -0.3 is 9.64 Å². The van der Waals surface area contributed by atoms with Crippen LogP contribution < -0.4 is 4.74 Å². The van der Waals surface area contributed by atoms with E-state index in [1.165, 1.54) is 0 Å². The van der Waals surface area contributed by atoms with Crippen LogP contribution in [0.25, 0.3) is 0 Å². The van der Waals surface area contributed by atoms with Crippen LogP contribution in [0.1, 0.15) is 29.8 Å². The molecule has 0 atom stereocenters. The lowest BCUT2D eigenvalue weighted by atomic mass is 10.1. The molecule has 17 heavy (non-hydrogen) atoms. The average molecular weight is 235 g/mol. The molecule has 0 aliphatic carbocycles. The van der Waals surface area contributed by atoms with Crippen LogP contribution in [0.4, 0.5) is 4.79 Å². The number of carbonyl (C=O) groups excluding carboxylic acids is 2. The van der Waals surface area contributed by atoms with Crippen LogP contribution in [-0.2, 0) is 0 Å². The molecule has 1 amide bonds. The molecule has 0 aliphatic heterocycles. The van der Waals surface area contributed by atoms with Crippen LogP contribution in [0, 0.1) is 6.92 Å². The van der Waals surface area contributed by atoms with Gasteiger partial charge in [-0.25, -0.2) is 4.79 Å². The molecular weight excluding hydrogens is 218 g/mol. The summed E-state index contributed by atoms with van der Waals surface area (Å²) < 4.78 is 5.26. The minimum Gasteiger partial charge on any atom is -0.410 e. The Balaban J connectivity index is 2.88. The van der Waals surface area contributed by atoms with Crippen molar-refractivity contribution in [1.29, 1.82) is 0 Å². The molecule has 4 heteroatoms. The molecule has 0 saturated carbocycles. The van der Waals surface area contributed by atoms with Crippen LogP contribution in [-0.4, -0.2) is 30.4 Å². The number of hydrogen-bond acceptors (Lipinski definition) is 3. The molecule has 0 N–H and O–H groups in total. The van der Waals surface area contributed by atoms with Crippen molar-refractivity contribution in [2.45, 2.75) is 20.8 Å². The molecule has 0 unspecified atom stereocenters. The zero-order valence-corrected chi connectivity index (χ0v) is 10.4. The van der Waals surface area contributed by atoms with Crippen LogP contribution in [0.15, 0.2) is 18.2 Å². The third-order valence-electron chi connectivity index (χ3n) is 2.67. The van der Waals surface area contributed by atoms with Crippen LogP contribution in [0.3, 0.4) is 0 Å². The normalized spacial score (nSPS) is 9.82. The maximum absolute atomic E-state index is 11.7. The Labute approximate surface area is 101 Å². The maximum atomic E-state index is 11.7. The Morgan fingerprint density at radius 1 is 1.35 bits per heavy atom. The first-order chi connectivity index (χ1) is 8.13. The largest absolute Gasteiger partial charge is 0.415 e. The monoisotopic (exact) mass is 235 g/mol. The van der Waals surface area contributed by atoms with Crippen molar-refractivity contribution < 1.29 is 14.3 Å². The fourth-order valence-corrected chi connectivity index (χ4v) is 1.51. The second-order valence-corrected chi connectivity index (χ2v) is 3.63. The summed E-state index contributed by atoms with van der Waals surface area (Å²) in [6, 6.07) is 5.07. The van der Waals surface area contributed by atoms with E-state index in [0.29, 0.717) is 30.0 Å². The molecule has 1 aromatic rings. The van der Waals surface area contributed by atoms with Gasteiger partial charge in [0.15, 0.2) is 0 Å². The minimum absolute atomic E-state index is 0.388. The van der Waals surface area contributed by atoms with Crippen molar-refractivity contribution >= 4 is 12.4 Å². The van der Waals surface area contributed by atoms with E-state index < -0.39 is 0 Å². The molecule has 0 aliphatic rings. The summed E-state index contributed by atoms with van der Waals surface area (Å²) in [5.41, 5.74) is 1.22. The van der Waals surface area contributed by atoms with E-state index >= 15 is 0 Å². The van der Waals surface area contributed by atoms with Gasteiger partial charge in [-0.2, -0.15) is 0 Å². The fourth-order valence-electron chi connectivity index (χ4n) is 1.51.